The molecule has 0 N–H and O–H groups in total. The minimum Gasteiger partial charge on any atom is -0.403 e. The minimum atomic E-state index is -4.98. The number of benzene rings is 2. The minimum absolute atomic E-state index is 0.149. The quantitative estimate of drug-likeness (QED) is 0.539. The molecular weight excluding hydrogens is 351 g/mol. The van der Waals surface area contributed by atoms with Crippen molar-refractivity contribution in [2.24, 2.45) is 5.92 Å². The number of alkyl halides is 3. The van der Waals surface area contributed by atoms with Gasteiger partial charge in [0, 0.05) is 5.56 Å². The van der Waals surface area contributed by atoms with Crippen molar-refractivity contribution in [2.75, 3.05) is 0 Å². The summed E-state index contributed by atoms with van der Waals surface area (Å²) in [6, 6.07) is 7.74. The number of ether oxygens (including phenoxy) is 1. The van der Waals surface area contributed by atoms with Crippen LogP contribution in [-0.4, -0.2) is 6.36 Å². The van der Waals surface area contributed by atoms with Crippen LogP contribution in [0.25, 0.3) is 11.1 Å². The average Bonchev–Trinajstić information content (AvgIpc) is 2.56. The van der Waals surface area contributed by atoms with Crippen LogP contribution in [0, 0.1) is 17.6 Å². The predicted molar refractivity (Wildman–Crippen MR) is 88.9 cm³/mol. The van der Waals surface area contributed by atoms with Gasteiger partial charge in [-0.25, -0.2) is 8.78 Å². The number of halogens is 5. The molecule has 1 aliphatic carbocycles. The monoisotopic (exact) mass is 370 g/mol. The molecule has 0 aliphatic heterocycles. The Balaban J connectivity index is 1.82. The van der Waals surface area contributed by atoms with Crippen molar-refractivity contribution in [2.45, 2.75) is 44.9 Å². The zero-order valence-corrected chi connectivity index (χ0v) is 14.2. The van der Waals surface area contributed by atoms with Crippen molar-refractivity contribution in [3.8, 4) is 16.9 Å². The summed E-state index contributed by atoms with van der Waals surface area (Å²) in [5, 5.41) is 0. The Labute approximate surface area is 148 Å². The molecule has 0 unspecified atom stereocenters. The molecule has 140 valence electrons. The van der Waals surface area contributed by atoms with Gasteiger partial charge in [-0.05, 0) is 54.0 Å². The van der Waals surface area contributed by atoms with E-state index in [9.17, 15) is 22.0 Å². The van der Waals surface area contributed by atoms with Gasteiger partial charge in [0.1, 0.15) is 5.82 Å². The predicted octanol–water partition coefficient (Wildman–Crippen LogP) is 6.82. The molecule has 6 heteroatoms. The second-order valence-corrected chi connectivity index (χ2v) is 6.89. The third-order valence-corrected chi connectivity index (χ3v) is 4.95. The van der Waals surface area contributed by atoms with Gasteiger partial charge in [0.25, 0.3) is 0 Å². The lowest BCUT2D eigenvalue weighted by Gasteiger charge is -2.26. The Kier molecular flexibility index (Phi) is 5.21. The average molecular weight is 370 g/mol. The molecule has 0 bridgehead atoms. The first-order valence-electron chi connectivity index (χ1n) is 8.58. The smallest absolute Gasteiger partial charge is 0.403 e. The zero-order valence-electron chi connectivity index (χ0n) is 14.2. The summed E-state index contributed by atoms with van der Waals surface area (Å²) in [6.45, 7) is 2.21. The molecule has 1 fully saturated rings. The summed E-state index contributed by atoms with van der Waals surface area (Å²) < 4.78 is 68.6. The molecule has 2 aromatic rings. The molecule has 0 saturated heterocycles. The summed E-state index contributed by atoms with van der Waals surface area (Å²) in [7, 11) is 0. The molecule has 1 saturated carbocycles. The topological polar surface area (TPSA) is 9.23 Å². The fraction of sp³-hybridized carbons (Fsp3) is 0.400. The van der Waals surface area contributed by atoms with Crippen molar-refractivity contribution in [3.63, 3.8) is 0 Å². The van der Waals surface area contributed by atoms with Crippen molar-refractivity contribution in [1.29, 1.82) is 0 Å². The van der Waals surface area contributed by atoms with Crippen molar-refractivity contribution in [1.82, 2.24) is 0 Å². The fourth-order valence-corrected chi connectivity index (χ4v) is 3.49. The molecule has 3 rings (SSSR count). The summed E-state index contributed by atoms with van der Waals surface area (Å²) in [4.78, 5) is 0. The maximum Gasteiger partial charge on any atom is 0.573 e. The fourth-order valence-electron chi connectivity index (χ4n) is 3.49. The second-order valence-electron chi connectivity index (χ2n) is 6.89. The van der Waals surface area contributed by atoms with E-state index in [0.717, 1.165) is 43.4 Å². The third kappa shape index (κ3) is 4.34. The SMILES string of the molecule is CC1CCC(c2ccc(-c3ccc(OC(F)(F)F)c(F)c3)c(F)c2)CC1. The maximum atomic E-state index is 14.5. The van der Waals surface area contributed by atoms with Gasteiger partial charge in [-0.1, -0.05) is 38.0 Å². The van der Waals surface area contributed by atoms with Crippen LogP contribution in [0.15, 0.2) is 36.4 Å². The van der Waals surface area contributed by atoms with Crippen LogP contribution in [-0.2, 0) is 0 Å². The van der Waals surface area contributed by atoms with Gasteiger partial charge < -0.3 is 4.74 Å². The molecule has 2 aromatic carbocycles. The van der Waals surface area contributed by atoms with Crippen LogP contribution in [0.4, 0.5) is 22.0 Å². The van der Waals surface area contributed by atoms with E-state index in [1.165, 1.54) is 12.1 Å². The molecule has 0 amide bonds. The van der Waals surface area contributed by atoms with Crippen LogP contribution in [0.1, 0.15) is 44.1 Å². The highest BCUT2D eigenvalue weighted by Crippen LogP contribution is 2.37. The lowest BCUT2D eigenvalue weighted by atomic mass is 9.79. The Morgan fingerprint density at radius 2 is 1.58 bits per heavy atom. The van der Waals surface area contributed by atoms with E-state index in [1.54, 1.807) is 6.07 Å². The molecule has 1 aliphatic rings. The van der Waals surface area contributed by atoms with Gasteiger partial charge in [-0.3, -0.25) is 0 Å². The van der Waals surface area contributed by atoms with Crippen LogP contribution in [0.2, 0.25) is 0 Å². The van der Waals surface area contributed by atoms with Gasteiger partial charge in [0.05, 0.1) is 0 Å². The number of hydrogen-bond donors (Lipinski definition) is 0. The maximum absolute atomic E-state index is 14.5. The molecule has 0 radical (unpaired) electrons. The molecule has 0 aromatic heterocycles. The van der Waals surface area contributed by atoms with E-state index in [2.05, 4.69) is 11.7 Å². The van der Waals surface area contributed by atoms with Gasteiger partial charge in [0.2, 0.25) is 0 Å². The van der Waals surface area contributed by atoms with Gasteiger partial charge >= 0.3 is 6.36 Å². The van der Waals surface area contributed by atoms with Crippen molar-refractivity contribution < 1.29 is 26.7 Å². The lowest BCUT2D eigenvalue weighted by Crippen LogP contribution is -2.17. The first kappa shape index (κ1) is 18.7. The Bertz CT molecular complexity index is 776. The van der Waals surface area contributed by atoms with Crippen LogP contribution < -0.4 is 4.74 Å². The standard InChI is InChI=1S/C20H19F5O/c1-12-2-4-13(5-3-12)14-6-8-16(17(21)10-14)15-7-9-19(18(22)11-15)26-20(23,24)25/h6-13H,2-5H2,1H3. The summed E-state index contributed by atoms with van der Waals surface area (Å²) in [6.07, 6.45) is -0.733. The molecule has 1 nitrogen and oxygen atoms in total. The van der Waals surface area contributed by atoms with E-state index in [-0.39, 0.29) is 11.1 Å². The molecular formula is C20H19F5O. The Hall–Kier alpha value is -2.11. The van der Waals surface area contributed by atoms with Crippen LogP contribution in [0.3, 0.4) is 0 Å². The van der Waals surface area contributed by atoms with Gasteiger partial charge in [0.15, 0.2) is 11.6 Å². The molecule has 26 heavy (non-hydrogen) atoms. The zero-order chi connectivity index (χ0) is 18.9. The van der Waals surface area contributed by atoms with E-state index >= 15 is 0 Å². The van der Waals surface area contributed by atoms with Gasteiger partial charge in [-0.15, -0.1) is 13.2 Å². The Morgan fingerprint density at radius 1 is 0.885 bits per heavy atom. The third-order valence-electron chi connectivity index (χ3n) is 4.95. The van der Waals surface area contributed by atoms with Crippen LogP contribution in [0.5, 0.6) is 5.75 Å². The van der Waals surface area contributed by atoms with Crippen LogP contribution >= 0.6 is 0 Å². The second kappa shape index (κ2) is 7.25. The number of rotatable bonds is 3. The first-order valence-corrected chi connectivity index (χ1v) is 8.58. The van der Waals surface area contributed by atoms with E-state index < -0.39 is 23.7 Å². The summed E-state index contributed by atoms with van der Waals surface area (Å²) >= 11 is 0. The Morgan fingerprint density at radius 3 is 2.15 bits per heavy atom. The molecule has 0 heterocycles. The summed E-state index contributed by atoms with van der Waals surface area (Å²) in [5.74, 6) is -1.63. The highest BCUT2D eigenvalue weighted by Gasteiger charge is 2.32. The highest BCUT2D eigenvalue weighted by atomic mass is 19.4. The first-order chi connectivity index (χ1) is 12.2. The van der Waals surface area contributed by atoms with E-state index in [1.807, 2.05) is 6.07 Å². The van der Waals surface area contributed by atoms with Crippen molar-refractivity contribution >= 4 is 0 Å². The largest absolute Gasteiger partial charge is 0.573 e. The lowest BCUT2D eigenvalue weighted by molar-refractivity contribution is -0.275. The number of hydrogen-bond acceptors (Lipinski definition) is 1. The molecule has 0 spiro atoms. The highest BCUT2D eigenvalue weighted by molar-refractivity contribution is 5.65. The van der Waals surface area contributed by atoms with E-state index in [0.29, 0.717) is 11.8 Å². The summed E-state index contributed by atoms with van der Waals surface area (Å²) in [5.41, 5.74) is 1.23. The van der Waals surface area contributed by atoms with Crippen molar-refractivity contribution in [3.05, 3.63) is 53.6 Å². The normalized spacial score (nSPS) is 20.8. The van der Waals surface area contributed by atoms with Gasteiger partial charge in [-0.2, -0.15) is 0 Å². The van der Waals surface area contributed by atoms with E-state index in [4.69, 9.17) is 0 Å². The molecule has 0 atom stereocenters.